The SMILES string of the molecule is COc1ccc(F)c(-c2ccc(COc3cccc([C@@H](CC(=O)O)C4CC4)c3)cc2[C@@H](F)C(C)(C)C)c1.COc1ccc(F)c(-c2ccc(COc3cccc([C@@H](CC(=O)O)C4CC4)c3)cc2[C@H](F)C(C)(C)C)c1.COc1ccc(F)c(-c2ccc(COc3cccc([C@H](CC(=O)O)C4CC4)c3)cc2[C@@H](F)C(C)(C)C)c1.COc1ccc(F)c(-c2ccc(COc3cccc([C@H](CC(=O)O)C4CC4)c3)cc2[C@H](F)C(C)(C)C)c1. The zero-order valence-electron chi connectivity index (χ0n) is 87.0. The fourth-order valence-electron chi connectivity index (χ4n) is 18.8. The second kappa shape index (κ2) is 49.0. The van der Waals surface area contributed by atoms with Gasteiger partial charge in [-0.1, -0.05) is 180 Å². The molecular weight excluding hydrogens is 1900 g/mol. The first-order valence-electron chi connectivity index (χ1n) is 50.5. The molecule has 0 saturated heterocycles. The third-order valence-corrected chi connectivity index (χ3v) is 27.6. The van der Waals surface area contributed by atoms with Crippen LogP contribution < -0.4 is 37.9 Å². The Bertz CT molecular complexity index is 5830. The number of carboxylic acids is 4. The number of aliphatic carboxylic acids is 4. The van der Waals surface area contributed by atoms with Crippen molar-refractivity contribution in [1.82, 2.24) is 0 Å². The topological polar surface area (TPSA) is 223 Å². The molecule has 16 nitrogen and oxygen atoms in total. The number of carbonyl (C=O) groups is 4. The van der Waals surface area contributed by atoms with Crippen molar-refractivity contribution in [2.45, 2.75) is 235 Å². The molecule has 0 heterocycles. The monoisotopic (exact) mass is 2030 g/mol. The van der Waals surface area contributed by atoms with Crippen molar-refractivity contribution in [3.8, 4) is 90.5 Å². The van der Waals surface area contributed by atoms with Crippen LogP contribution in [0, 0.1) is 68.6 Å². The lowest BCUT2D eigenvalue weighted by atomic mass is 9.82. The second-order valence-corrected chi connectivity index (χ2v) is 43.6. The summed E-state index contributed by atoms with van der Waals surface area (Å²) < 4.78 is 167. The van der Waals surface area contributed by atoms with Crippen LogP contribution in [0.2, 0.25) is 0 Å². The molecule has 4 aliphatic carbocycles. The minimum absolute atomic E-state index is 0.0243. The van der Waals surface area contributed by atoms with Gasteiger partial charge in [0.1, 0.15) is 120 Å². The van der Waals surface area contributed by atoms with Crippen molar-refractivity contribution in [2.24, 2.45) is 45.3 Å². The number of methoxy groups -OCH3 is 4. The molecule has 148 heavy (non-hydrogen) atoms. The molecule has 12 aromatic rings. The van der Waals surface area contributed by atoms with E-state index in [1.807, 2.05) is 204 Å². The standard InChI is InChI=1S/4C31H34F2O4/c4*1-31(2,3)30(33)27-14-19(8-12-24(27)26-16-22(36-4)11-13-28(26)32)18-37-23-7-5-6-21(15-23)25(17-29(34)35)20-9-10-20/h4*5-8,11-16,20,25,30H,9-10,17-18H2,1-4H3,(H,34,35)/t2*25-,30+;2*25-,30-/m1010/s1. The largest absolute Gasteiger partial charge is 0.497 e. The predicted molar refractivity (Wildman–Crippen MR) is 561 cm³/mol. The van der Waals surface area contributed by atoms with Crippen LogP contribution in [0.3, 0.4) is 0 Å². The van der Waals surface area contributed by atoms with Gasteiger partial charge in [0.2, 0.25) is 0 Å². The molecule has 4 saturated carbocycles. The maximum Gasteiger partial charge on any atom is 0.303 e. The van der Waals surface area contributed by atoms with Crippen molar-refractivity contribution in [2.75, 3.05) is 28.4 Å². The summed E-state index contributed by atoms with van der Waals surface area (Å²) in [5.41, 5.74) is 8.70. The summed E-state index contributed by atoms with van der Waals surface area (Å²) in [6, 6.07) is 69.2. The van der Waals surface area contributed by atoms with Gasteiger partial charge < -0.3 is 58.3 Å². The fourth-order valence-corrected chi connectivity index (χ4v) is 18.8. The number of rotatable bonds is 40. The fraction of sp³-hybridized carbons (Fsp3) is 0.387. The van der Waals surface area contributed by atoms with Gasteiger partial charge in [-0.2, -0.15) is 0 Å². The van der Waals surface area contributed by atoms with Gasteiger partial charge in [0.05, 0.1) is 54.1 Å². The number of halogens is 8. The molecule has 24 heteroatoms. The van der Waals surface area contributed by atoms with Crippen molar-refractivity contribution in [3.63, 3.8) is 0 Å². The van der Waals surface area contributed by atoms with Crippen LogP contribution in [0.25, 0.3) is 44.5 Å². The van der Waals surface area contributed by atoms with Crippen LogP contribution in [-0.2, 0) is 45.6 Å². The van der Waals surface area contributed by atoms with Crippen LogP contribution in [0.5, 0.6) is 46.0 Å². The predicted octanol–water partition coefficient (Wildman–Crippen LogP) is 32.4. The molecule has 12 aromatic carbocycles. The van der Waals surface area contributed by atoms with E-state index in [1.54, 1.807) is 72.8 Å². The van der Waals surface area contributed by atoms with Gasteiger partial charge in [-0.05, 0) is 355 Å². The molecule has 0 radical (unpaired) electrons. The highest BCUT2D eigenvalue weighted by atomic mass is 19.2. The third-order valence-electron chi connectivity index (χ3n) is 27.6. The van der Waals surface area contributed by atoms with E-state index >= 15 is 17.6 Å². The van der Waals surface area contributed by atoms with E-state index < -0.39 is 93.5 Å². The first kappa shape index (κ1) is 112. The van der Waals surface area contributed by atoms with Crippen molar-refractivity contribution in [1.29, 1.82) is 0 Å². The molecular formula is C124H136F8O16. The van der Waals surface area contributed by atoms with E-state index in [0.29, 0.717) is 114 Å². The van der Waals surface area contributed by atoms with Gasteiger partial charge in [0.25, 0.3) is 0 Å². The lowest BCUT2D eigenvalue weighted by Gasteiger charge is -2.27. The minimum Gasteiger partial charge on any atom is -0.497 e. The average Bonchev–Trinajstić information content (AvgIpc) is 0.847. The molecule has 0 amide bonds. The van der Waals surface area contributed by atoms with E-state index in [-0.39, 0.29) is 98.0 Å². The van der Waals surface area contributed by atoms with E-state index in [9.17, 15) is 57.2 Å². The number of alkyl halides is 4. The first-order chi connectivity index (χ1) is 70.2. The quantitative estimate of drug-likeness (QED) is 0.0262. The summed E-state index contributed by atoms with van der Waals surface area (Å²) in [4.78, 5) is 45.5. The van der Waals surface area contributed by atoms with E-state index in [0.717, 1.165) is 95.9 Å². The molecule has 784 valence electrons. The number of carboxylic acid groups (broad SMARTS) is 4. The Kier molecular flexibility index (Phi) is 36.9. The molecule has 0 spiro atoms. The number of hydrogen-bond acceptors (Lipinski definition) is 12. The minimum atomic E-state index is -1.34. The second-order valence-electron chi connectivity index (χ2n) is 43.6. The average molecular weight is 2030 g/mol. The zero-order valence-corrected chi connectivity index (χ0v) is 87.0. The molecule has 8 atom stereocenters. The Morgan fingerprint density at radius 3 is 0.608 bits per heavy atom. The summed E-state index contributed by atoms with van der Waals surface area (Å²) in [7, 11) is 6.04. The summed E-state index contributed by atoms with van der Waals surface area (Å²) in [5.74, 6) is 0.994. The Balaban J connectivity index is 0.000000165. The van der Waals surface area contributed by atoms with Crippen LogP contribution in [0.4, 0.5) is 35.1 Å². The summed E-state index contributed by atoms with van der Waals surface area (Å²) >= 11 is 0. The van der Waals surface area contributed by atoms with Gasteiger partial charge in [-0.15, -0.1) is 0 Å². The van der Waals surface area contributed by atoms with Crippen molar-refractivity contribution >= 4 is 23.9 Å². The highest BCUT2D eigenvalue weighted by molar-refractivity contribution is 5.76. The van der Waals surface area contributed by atoms with Crippen LogP contribution >= 0.6 is 0 Å². The van der Waals surface area contributed by atoms with Crippen LogP contribution in [0.1, 0.15) is 275 Å². The lowest BCUT2D eigenvalue weighted by Crippen LogP contribution is -2.15. The normalized spacial score (nSPS) is 15.2. The maximum absolute atomic E-state index is 15.7. The summed E-state index contributed by atoms with van der Waals surface area (Å²) in [6.07, 6.45) is 3.41. The van der Waals surface area contributed by atoms with Gasteiger partial charge in [-0.3, -0.25) is 19.2 Å². The summed E-state index contributed by atoms with van der Waals surface area (Å²) in [5, 5.41) is 37.3. The highest BCUT2D eigenvalue weighted by Gasteiger charge is 2.40. The highest BCUT2D eigenvalue weighted by Crippen LogP contribution is 2.53. The van der Waals surface area contributed by atoms with E-state index in [4.69, 9.17) is 37.9 Å². The number of benzene rings is 12. The Morgan fingerprint density at radius 1 is 0.257 bits per heavy atom. The Labute approximate surface area is 863 Å². The smallest absolute Gasteiger partial charge is 0.303 e. The van der Waals surface area contributed by atoms with E-state index in [2.05, 4.69) is 0 Å². The van der Waals surface area contributed by atoms with E-state index in [1.165, 1.54) is 77.0 Å². The number of hydrogen-bond donors (Lipinski definition) is 4. The van der Waals surface area contributed by atoms with Gasteiger partial charge >= 0.3 is 23.9 Å². The molecule has 0 bridgehead atoms. The summed E-state index contributed by atoms with van der Waals surface area (Å²) in [6.45, 7) is 22.5. The molecule has 0 aliphatic heterocycles. The van der Waals surface area contributed by atoms with Crippen LogP contribution in [-0.4, -0.2) is 72.7 Å². The molecule has 4 N–H and O–H groups in total. The molecule has 0 unspecified atom stereocenters. The van der Waals surface area contributed by atoms with Crippen molar-refractivity contribution in [3.05, 3.63) is 333 Å². The maximum atomic E-state index is 15.7. The molecule has 4 fully saturated rings. The molecule has 0 aromatic heterocycles. The van der Waals surface area contributed by atoms with Gasteiger partial charge in [-0.25, -0.2) is 35.1 Å². The molecule has 4 aliphatic rings. The van der Waals surface area contributed by atoms with Crippen molar-refractivity contribution < 1.29 is 113 Å². The van der Waals surface area contributed by atoms with Gasteiger partial charge in [0, 0.05) is 22.3 Å². The molecule has 16 rings (SSSR count). The van der Waals surface area contributed by atoms with Crippen LogP contribution in [0.15, 0.2) is 243 Å². The lowest BCUT2D eigenvalue weighted by molar-refractivity contribution is -0.138. The Morgan fingerprint density at radius 2 is 0.446 bits per heavy atom. The Hall–Kier alpha value is -13.6. The first-order valence-corrected chi connectivity index (χ1v) is 50.5. The third kappa shape index (κ3) is 30.3. The van der Waals surface area contributed by atoms with Gasteiger partial charge in [0.15, 0.2) is 0 Å². The number of ether oxygens (including phenoxy) is 8. The zero-order chi connectivity index (χ0) is 107.